The van der Waals surface area contributed by atoms with Gasteiger partial charge in [0, 0.05) is 31.6 Å². The Morgan fingerprint density at radius 2 is 1.87 bits per heavy atom. The predicted octanol–water partition coefficient (Wildman–Crippen LogP) is 0.276. The molecule has 0 saturated carbocycles. The van der Waals surface area contributed by atoms with E-state index in [4.69, 9.17) is 24.7 Å². The highest BCUT2D eigenvalue weighted by molar-refractivity contribution is 7.89. The van der Waals surface area contributed by atoms with E-state index in [2.05, 4.69) is 5.32 Å². The molecular weight excluding hydrogens is 632 g/mol. The summed E-state index contributed by atoms with van der Waals surface area (Å²) in [7, 11) is -4.28. The molecule has 47 heavy (non-hydrogen) atoms. The molecule has 0 aliphatic carbocycles. The molecule has 3 heterocycles. The Morgan fingerprint density at radius 1 is 1.13 bits per heavy atom. The topological polar surface area (TPSA) is 193 Å². The van der Waals surface area contributed by atoms with Gasteiger partial charge in [-0.15, -0.1) is 0 Å². The number of amides is 2. The number of carbonyl (C=O) groups is 2. The van der Waals surface area contributed by atoms with E-state index in [0.717, 1.165) is 14.8 Å². The average Bonchev–Trinajstić information content (AvgIpc) is 3.79. The Kier molecular flexibility index (Phi) is 10.9. The van der Waals surface area contributed by atoms with E-state index in [0.29, 0.717) is 25.2 Å². The number of nitrogens with two attached hydrogens (primary N) is 1. The minimum atomic E-state index is -4.28. The summed E-state index contributed by atoms with van der Waals surface area (Å²) >= 11 is 0. The Hall–Kier alpha value is -3.47. The summed E-state index contributed by atoms with van der Waals surface area (Å²) in [6, 6.07) is 11.6. The number of aliphatic hydroxyl groups excluding tert-OH is 1. The zero-order chi connectivity index (χ0) is 33.8. The third-order valence-electron chi connectivity index (χ3n) is 8.95. The average molecular weight is 676 g/mol. The monoisotopic (exact) mass is 675 g/mol. The molecule has 0 spiro atoms. The van der Waals surface area contributed by atoms with Crippen molar-refractivity contribution in [2.24, 2.45) is 17.1 Å². The second-order valence-electron chi connectivity index (χ2n) is 12.9. The van der Waals surface area contributed by atoms with Gasteiger partial charge in [0.25, 0.3) is 0 Å². The van der Waals surface area contributed by atoms with Gasteiger partial charge in [0.05, 0.1) is 42.8 Å². The number of nitrogens with zero attached hydrogens (tertiary/aromatic N) is 2. The van der Waals surface area contributed by atoms with E-state index < -0.39 is 52.6 Å². The maximum absolute atomic E-state index is 14.3. The van der Waals surface area contributed by atoms with Crippen molar-refractivity contribution in [2.75, 3.05) is 46.2 Å². The molecule has 15 heteroatoms. The van der Waals surface area contributed by atoms with Crippen LogP contribution in [-0.2, 0) is 30.7 Å². The summed E-state index contributed by atoms with van der Waals surface area (Å²) in [6.07, 6.45) is -2.47. The molecule has 258 valence electrons. The summed E-state index contributed by atoms with van der Waals surface area (Å²) in [4.78, 5) is 25.7. The van der Waals surface area contributed by atoms with Gasteiger partial charge in [0.1, 0.15) is 6.09 Å². The van der Waals surface area contributed by atoms with E-state index >= 15 is 0 Å². The second-order valence-corrected chi connectivity index (χ2v) is 14.8. The van der Waals surface area contributed by atoms with Gasteiger partial charge in [-0.25, -0.2) is 8.42 Å². The Morgan fingerprint density at radius 3 is 2.60 bits per heavy atom. The maximum Gasteiger partial charge on any atom is 0.243 e. The van der Waals surface area contributed by atoms with Crippen LogP contribution in [0.2, 0.25) is 0 Å². The molecule has 0 unspecified atom stereocenters. The lowest BCUT2D eigenvalue weighted by atomic mass is 9.89. The molecule has 3 aliphatic heterocycles. The van der Waals surface area contributed by atoms with Gasteiger partial charge in [-0.2, -0.15) is 4.31 Å². The van der Waals surface area contributed by atoms with E-state index in [1.165, 1.54) is 18.2 Å². The van der Waals surface area contributed by atoms with E-state index in [1.54, 1.807) is 0 Å². The first-order valence-corrected chi connectivity index (χ1v) is 17.1. The summed E-state index contributed by atoms with van der Waals surface area (Å²) in [6.45, 7) is 3.72. The van der Waals surface area contributed by atoms with Crippen LogP contribution in [0.3, 0.4) is 0 Å². The van der Waals surface area contributed by atoms with Gasteiger partial charge in [0.15, 0.2) is 17.8 Å². The lowest BCUT2D eigenvalue weighted by Crippen LogP contribution is -2.61. The number of fused-ring (bicyclic) bond motifs is 2. The molecule has 0 aromatic heterocycles. The molecule has 2 aromatic rings. The van der Waals surface area contributed by atoms with Crippen molar-refractivity contribution in [3.8, 4) is 11.5 Å². The number of benzene rings is 2. The lowest BCUT2D eigenvalue weighted by Gasteiger charge is -2.43. The van der Waals surface area contributed by atoms with Crippen LogP contribution in [0, 0.1) is 11.3 Å². The first kappa shape index (κ1) is 34.9. The molecule has 2 saturated heterocycles. The SMILES string of the molecule is CC(C)(CCNC(=O)CN)CN(C[C@@H](O)[C@H](Cc1ccccc1)N(C(=O)[O-])[C@H]1CO[C@H]2OCC[C@H]21)S(=O)(=O)c1ccc2c(c1)OCO2. The molecular formula is C32H43N4O10S-. The van der Waals surface area contributed by atoms with Crippen LogP contribution in [0.5, 0.6) is 11.5 Å². The maximum atomic E-state index is 14.3. The first-order valence-electron chi connectivity index (χ1n) is 15.7. The zero-order valence-corrected chi connectivity index (χ0v) is 27.4. The summed E-state index contributed by atoms with van der Waals surface area (Å²) < 4.78 is 52.0. The van der Waals surface area contributed by atoms with Gasteiger partial charge < -0.3 is 49.9 Å². The van der Waals surface area contributed by atoms with Crippen molar-refractivity contribution in [1.82, 2.24) is 14.5 Å². The number of aliphatic hydroxyl groups is 1. The normalized spacial score (nSPS) is 21.8. The van der Waals surface area contributed by atoms with Crippen LogP contribution in [-0.4, -0.2) is 105 Å². The number of hydrogen-bond donors (Lipinski definition) is 3. The van der Waals surface area contributed by atoms with E-state index in [-0.39, 0.29) is 61.9 Å². The van der Waals surface area contributed by atoms with Crippen LogP contribution in [0.25, 0.3) is 0 Å². The molecule has 0 radical (unpaired) electrons. The van der Waals surface area contributed by atoms with Gasteiger partial charge in [-0.1, -0.05) is 44.2 Å². The first-order chi connectivity index (χ1) is 22.4. The van der Waals surface area contributed by atoms with Gasteiger partial charge in [-0.05, 0) is 42.4 Å². The van der Waals surface area contributed by atoms with Gasteiger partial charge >= 0.3 is 0 Å². The molecule has 3 aliphatic rings. The number of nitrogens with one attached hydrogen (secondary N) is 1. The van der Waals surface area contributed by atoms with Crippen molar-refractivity contribution in [3.63, 3.8) is 0 Å². The minimum absolute atomic E-state index is 0.0409. The summed E-state index contributed by atoms with van der Waals surface area (Å²) in [5, 5.41) is 27.5. The molecule has 5 rings (SSSR count). The molecule has 4 N–H and O–H groups in total. The molecule has 14 nitrogen and oxygen atoms in total. The molecule has 2 amide bonds. The highest BCUT2D eigenvalue weighted by atomic mass is 32.2. The summed E-state index contributed by atoms with van der Waals surface area (Å²) in [5.74, 6) is 0.0921. The van der Waals surface area contributed by atoms with Crippen LogP contribution < -0.4 is 25.6 Å². The number of ether oxygens (including phenoxy) is 4. The van der Waals surface area contributed by atoms with Crippen LogP contribution in [0.4, 0.5) is 4.79 Å². The van der Waals surface area contributed by atoms with E-state index in [9.17, 15) is 28.2 Å². The van der Waals surface area contributed by atoms with Crippen molar-refractivity contribution in [2.45, 2.75) is 62.5 Å². The molecule has 0 bridgehead atoms. The van der Waals surface area contributed by atoms with Crippen molar-refractivity contribution in [3.05, 3.63) is 54.1 Å². The number of carbonyl (C=O) groups excluding carboxylic acids is 2. The van der Waals surface area contributed by atoms with E-state index in [1.807, 2.05) is 44.2 Å². The number of hydrogen-bond acceptors (Lipinski definition) is 11. The second kappa shape index (κ2) is 14.7. The number of carboxylic acid groups (broad SMARTS) is 1. The Labute approximate surface area is 274 Å². The number of sulfonamides is 1. The molecule has 5 atom stereocenters. The lowest BCUT2D eigenvalue weighted by molar-refractivity contribution is -0.273. The van der Waals surface area contributed by atoms with Crippen LogP contribution in [0.1, 0.15) is 32.3 Å². The zero-order valence-electron chi connectivity index (χ0n) is 26.6. The fraction of sp³-hybridized carbons (Fsp3) is 0.562. The third kappa shape index (κ3) is 8.16. The van der Waals surface area contributed by atoms with Crippen LogP contribution >= 0.6 is 0 Å². The largest absolute Gasteiger partial charge is 0.530 e. The Bertz CT molecular complexity index is 1510. The standard InChI is InChI=1S/C32H44N4O10S/c1-32(2,11-12-34-29(38)16-33)19-35(47(41,42)22-8-9-27-28(15-22)46-20-45-27)17-26(37)24(14-21-6-4-3-5-7-21)36(31(39)40)25-18-44-30-23(25)10-13-43-30/h3-9,15,23-26,30,37H,10-14,16-20,33H2,1-2H3,(H,34,38)(H,39,40)/p-1/t23-,24-,25-,26+,30+/m0/s1. The van der Waals surface area contributed by atoms with Crippen LogP contribution in [0.15, 0.2) is 53.4 Å². The number of rotatable bonds is 15. The fourth-order valence-corrected chi connectivity index (χ4v) is 8.12. The van der Waals surface area contributed by atoms with Crippen molar-refractivity contribution >= 4 is 22.0 Å². The third-order valence-corrected chi connectivity index (χ3v) is 10.8. The molecule has 2 aromatic carbocycles. The predicted molar refractivity (Wildman–Crippen MR) is 167 cm³/mol. The highest BCUT2D eigenvalue weighted by Crippen LogP contribution is 2.38. The minimum Gasteiger partial charge on any atom is -0.530 e. The highest BCUT2D eigenvalue weighted by Gasteiger charge is 2.47. The smallest absolute Gasteiger partial charge is 0.243 e. The molecule has 2 fully saturated rings. The van der Waals surface area contributed by atoms with Gasteiger partial charge in [0.2, 0.25) is 22.7 Å². The fourth-order valence-electron chi connectivity index (χ4n) is 6.45. The van der Waals surface area contributed by atoms with Gasteiger partial charge in [-0.3, -0.25) is 4.79 Å². The van der Waals surface area contributed by atoms with Crippen molar-refractivity contribution < 1.29 is 47.2 Å². The summed E-state index contributed by atoms with van der Waals surface area (Å²) in [5.41, 5.74) is 5.47. The Balaban J connectivity index is 1.47. The van der Waals surface area contributed by atoms with Crippen molar-refractivity contribution in [1.29, 1.82) is 0 Å². The quantitative estimate of drug-likeness (QED) is 0.235.